The second-order valence-corrected chi connectivity index (χ2v) is 6.04. The number of carbonyl (C=O) groups is 1. The third kappa shape index (κ3) is 4.14. The summed E-state index contributed by atoms with van der Waals surface area (Å²) in [6, 6.07) is 10.0. The second-order valence-electron chi connectivity index (χ2n) is 6.04. The van der Waals surface area contributed by atoms with E-state index >= 15 is 0 Å². The summed E-state index contributed by atoms with van der Waals surface area (Å²) in [6.45, 7) is 2.57. The average molecular weight is 328 g/mol. The maximum absolute atomic E-state index is 12.2. The average Bonchev–Trinajstić information content (AvgIpc) is 3.13. The van der Waals surface area contributed by atoms with Crippen molar-refractivity contribution in [3.8, 4) is 5.75 Å². The van der Waals surface area contributed by atoms with Crippen molar-refractivity contribution in [3.05, 3.63) is 47.8 Å². The fraction of sp³-hybridized carbons (Fsp3) is 0.444. The molecule has 0 bridgehead atoms. The molecular formula is C18H24N4O2. The number of hydrogen-bond acceptors (Lipinski definition) is 4. The zero-order chi connectivity index (χ0) is 16.8. The van der Waals surface area contributed by atoms with Crippen LogP contribution in [0.5, 0.6) is 5.75 Å². The first-order valence-corrected chi connectivity index (χ1v) is 8.43. The van der Waals surface area contributed by atoms with Gasteiger partial charge in [-0.25, -0.2) is 0 Å². The molecule has 1 saturated heterocycles. The molecule has 1 aliphatic heterocycles. The molecule has 1 aromatic carbocycles. The van der Waals surface area contributed by atoms with Gasteiger partial charge in [0.1, 0.15) is 11.4 Å². The Kier molecular flexibility index (Phi) is 5.48. The van der Waals surface area contributed by atoms with Crippen LogP contribution in [0.15, 0.2) is 36.5 Å². The van der Waals surface area contributed by atoms with Crippen molar-refractivity contribution in [2.24, 2.45) is 0 Å². The number of nitrogens with one attached hydrogen (secondary N) is 2. The number of carbonyl (C=O) groups excluding carboxylic acids is 1. The third-order valence-corrected chi connectivity index (χ3v) is 4.34. The summed E-state index contributed by atoms with van der Waals surface area (Å²) < 4.78 is 7.04. The van der Waals surface area contributed by atoms with Crippen LogP contribution in [0.4, 0.5) is 0 Å². The van der Waals surface area contributed by atoms with Crippen molar-refractivity contribution in [1.82, 2.24) is 20.4 Å². The van der Waals surface area contributed by atoms with Gasteiger partial charge in [0.25, 0.3) is 5.91 Å². The Morgan fingerprint density at radius 1 is 1.38 bits per heavy atom. The zero-order valence-corrected chi connectivity index (χ0v) is 14.0. The van der Waals surface area contributed by atoms with Gasteiger partial charge in [0.15, 0.2) is 0 Å². The predicted molar refractivity (Wildman–Crippen MR) is 92.4 cm³/mol. The summed E-state index contributed by atoms with van der Waals surface area (Å²) in [5.74, 6) is 0.719. The van der Waals surface area contributed by atoms with Crippen molar-refractivity contribution >= 4 is 5.91 Å². The highest BCUT2D eigenvalue weighted by Crippen LogP contribution is 2.15. The molecule has 0 aliphatic carbocycles. The van der Waals surface area contributed by atoms with Crippen molar-refractivity contribution in [3.63, 3.8) is 0 Å². The number of amides is 1. The van der Waals surface area contributed by atoms with Crippen LogP contribution in [0.1, 0.15) is 34.9 Å². The SMILES string of the molecule is COc1ccc(CCNC(=O)c2ccn(C3CCCNC3)n2)cc1. The van der Waals surface area contributed by atoms with E-state index in [-0.39, 0.29) is 5.91 Å². The van der Waals surface area contributed by atoms with E-state index in [9.17, 15) is 4.79 Å². The Morgan fingerprint density at radius 2 is 2.21 bits per heavy atom. The summed E-state index contributed by atoms with van der Waals surface area (Å²) in [6.07, 6.45) is 4.93. The van der Waals surface area contributed by atoms with Gasteiger partial charge in [0.2, 0.25) is 0 Å². The summed E-state index contributed by atoms with van der Waals surface area (Å²) >= 11 is 0. The molecule has 3 rings (SSSR count). The molecule has 1 amide bonds. The lowest BCUT2D eigenvalue weighted by molar-refractivity contribution is 0.0947. The molecule has 0 spiro atoms. The molecule has 1 aliphatic rings. The van der Waals surface area contributed by atoms with Crippen LogP contribution in [0, 0.1) is 0 Å². The van der Waals surface area contributed by atoms with E-state index < -0.39 is 0 Å². The normalized spacial score (nSPS) is 17.5. The summed E-state index contributed by atoms with van der Waals surface area (Å²) in [7, 11) is 1.65. The minimum Gasteiger partial charge on any atom is -0.497 e. The molecule has 2 aromatic rings. The predicted octanol–water partition coefficient (Wildman–Crippen LogP) is 1.79. The van der Waals surface area contributed by atoms with E-state index in [1.54, 1.807) is 13.2 Å². The minimum absolute atomic E-state index is 0.119. The van der Waals surface area contributed by atoms with Crippen LogP contribution >= 0.6 is 0 Å². The Hall–Kier alpha value is -2.34. The zero-order valence-electron chi connectivity index (χ0n) is 14.0. The first-order chi connectivity index (χ1) is 11.8. The minimum atomic E-state index is -0.119. The highest BCUT2D eigenvalue weighted by molar-refractivity contribution is 5.92. The third-order valence-electron chi connectivity index (χ3n) is 4.34. The Bertz CT molecular complexity index is 660. The number of ether oxygens (including phenoxy) is 1. The molecule has 6 heteroatoms. The molecule has 24 heavy (non-hydrogen) atoms. The molecular weight excluding hydrogens is 304 g/mol. The van der Waals surface area contributed by atoms with Crippen LogP contribution in [0.3, 0.4) is 0 Å². The monoisotopic (exact) mass is 328 g/mol. The van der Waals surface area contributed by atoms with Crippen LogP contribution in [-0.4, -0.2) is 42.4 Å². The van der Waals surface area contributed by atoms with Gasteiger partial charge in [-0.15, -0.1) is 0 Å². The van der Waals surface area contributed by atoms with Crippen LogP contribution in [0.25, 0.3) is 0 Å². The number of nitrogens with zero attached hydrogens (tertiary/aromatic N) is 2. The highest BCUT2D eigenvalue weighted by atomic mass is 16.5. The number of hydrogen-bond donors (Lipinski definition) is 2. The molecule has 2 heterocycles. The number of piperidine rings is 1. The maximum Gasteiger partial charge on any atom is 0.271 e. The second kappa shape index (κ2) is 7.97. The number of rotatable bonds is 6. The summed E-state index contributed by atoms with van der Waals surface area (Å²) in [5, 5.41) is 10.7. The van der Waals surface area contributed by atoms with Gasteiger partial charge in [-0.2, -0.15) is 5.10 Å². The molecule has 1 unspecified atom stereocenters. The maximum atomic E-state index is 12.2. The smallest absolute Gasteiger partial charge is 0.271 e. The fourth-order valence-electron chi connectivity index (χ4n) is 2.92. The summed E-state index contributed by atoms with van der Waals surface area (Å²) in [5.41, 5.74) is 1.64. The highest BCUT2D eigenvalue weighted by Gasteiger charge is 2.17. The van der Waals surface area contributed by atoms with Crippen LogP contribution in [-0.2, 0) is 6.42 Å². The van der Waals surface area contributed by atoms with Gasteiger partial charge in [-0.1, -0.05) is 12.1 Å². The van der Waals surface area contributed by atoms with E-state index in [1.807, 2.05) is 35.1 Å². The van der Waals surface area contributed by atoms with E-state index in [4.69, 9.17) is 4.74 Å². The Balaban J connectivity index is 1.48. The number of benzene rings is 1. The molecule has 1 fully saturated rings. The van der Waals surface area contributed by atoms with E-state index in [1.165, 1.54) is 0 Å². The van der Waals surface area contributed by atoms with Crippen molar-refractivity contribution in [1.29, 1.82) is 0 Å². The van der Waals surface area contributed by atoms with E-state index in [2.05, 4.69) is 15.7 Å². The van der Waals surface area contributed by atoms with Gasteiger partial charge >= 0.3 is 0 Å². The van der Waals surface area contributed by atoms with Gasteiger partial charge in [0.05, 0.1) is 13.2 Å². The molecule has 0 saturated carbocycles. The first kappa shape index (κ1) is 16.5. The largest absolute Gasteiger partial charge is 0.497 e. The standard InChI is InChI=1S/C18H24N4O2/c1-24-16-6-4-14(5-7-16)8-11-20-18(23)17-9-12-22(21-17)15-3-2-10-19-13-15/h4-7,9,12,15,19H,2-3,8,10-11,13H2,1H3,(H,20,23). The van der Waals surface area contributed by atoms with E-state index in [0.717, 1.165) is 43.7 Å². The van der Waals surface area contributed by atoms with Gasteiger partial charge in [-0.3, -0.25) is 9.48 Å². The van der Waals surface area contributed by atoms with Gasteiger partial charge in [-0.05, 0) is 49.6 Å². The Labute approximate surface area is 142 Å². The van der Waals surface area contributed by atoms with Crippen molar-refractivity contribution in [2.75, 3.05) is 26.7 Å². The lowest BCUT2D eigenvalue weighted by Crippen LogP contribution is -2.32. The van der Waals surface area contributed by atoms with Gasteiger partial charge < -0.3 is 15.4 Å². The molecule has 6 nitrogen and oxygen atoms in total. The molecule has 0 radical (unpaired) electrons. The van der Waals surface area contributed by atoms with Crippen molar-refractivity contribution < 1.29 is 9.53 Å². The first-order valence-electron chi connectivity index (χ1n) is 8.43. The molecule has 128 valence electrons. The number of methoxy groups -OCH3 is 1. The number of aromatic nitrogens is 2. The van der Waals surface area contributed by atoms with Crippen LogP contribution < -0.4 is 15.4 Å². The van der Waals surface area contributed by atoms with Crippen molar-refractivity contribution in [2.45, 2.75) is 25.3 Å². The summed E-state index contributed by atoms with van der Waals surface area (Å²) in [4.78, 5) is 12.2. The molecule has 1 aromatic heterocycles. The quantitative estimate of drug-likeness (QED) is 0.848. The van der Waals surface area contributed by atoms with E-state index in [0.29, 0.717) is 18.3 Å². The molecule has 1 atom stereocenters. The fourth-order valence-corrected chi connectivity index (χ4v) is 2.92. The Morgan fingerprint density at radius 3 is 2.92 bits per heavy atom. The van der Waals surface area contributed by atoms with Crippen LogP contribution in [0.2, 0.25) is 0 Å². The topological polar surface area (TPSA) is 68.2 Å². The lowest BCUT2D eigenvalue weighted by Gasteiger charge is -2.22. The van der Waals surface area contributed by atoms with Gasteiger partial charge in [0, 0.05) is 19.3 Å². The molecule has 2 N–H and O–H groups in total. The lowest BCUT2D eigenvalue weighted by atomic mass is 10.1.